The van der Waals surface area contributed by atoms with Crippen LogP contribution in [0.1, 0.15) is 11.6 Å². The molecule has 1 unspecified atom stereocenters. The van der Waals surface area contributed by atoms with E-state index in [1.165, 1.54) is 0 Å². The third kappa shape index (κ3) is 3.21. The van der Waals surface area contributed by atoms with E-state index in [1.807, 2.05) is 5.32 Å². The van der Waals surface area contributed by atoms with Crippen molar-refractivity contribution in [1.29, 1.82) is 0 Å². The number of carbonyl (C=O) groups excluding carboxylic acids is 2. The van der Waals surface area contributed by atoms with E-state index in [2.05, 4.69) is 0 Å². The summed E-state index contributed by atoms with van der Waals surface area (Å²) in [5.74, 6) is -1.84. The summed E-state index contributed by atoms with van der Waals surface area (Å²) < 4.78 is 13.9. The molecule has 1 aliphatic heterocycles. The van der Waals surface area contributed by atoms with E-state index in [-0.39, 0.29) is 15.6 Å². The molecule has 13 heteroatoms. The lowest BCUT2D eigenvalue weighted by molar-refractivity contribution is -0.393. The molecule has 0 aromatic heterocycles. The highest BCUT2D eigenvalue weighted by molar-refractivity contribution is 6.35. The zero-order valence-electron chi connectivity index (χ0n) is 13.4. The van der Waals surface area contributed by atoms with Gasteiger partial charge in [-0.1, -0.05) is 23.2 Å². The fraction of sp³-hybridized carbons (Fsp3) is 0.0667. The summed E-state index contributed by atoms with van der Waals surface area (Å²) in [6.45, 7) is 0. The summed E-state index contributed by atoms with van der Waals surface area (Å²) in [4.78, 5) is 45.8. The number of rotatable bonds is 4. The number of carbonyl (C=O) groups is 2. The van der Waals surface area contributed by atoms with Gasteiger partial charge in [0.1, 0.15) is 17.5 Å². The first-order chi connectivity index (χ1) is 13.1. The molecule has 0 saturated carbocycles. The van der Waals surface area contributed by atoms with Crippen LogP contribution in [0.2, 0.25) is 10.0 Å². The molecule has 28 heavy (non-hydrogen) atoms. The molecular weight excluding hydrogens is 422 g/mol. The van der Waals surface area contributed by atoms with Crippen LogP contribution in [0.3, 0.4) is 0 Å². The van der Waals surface area contributed by atoms with E-state index in [9.17, 15) is 34.2 Å². The Morgan fingerprint density at radius 3 is 2.32 bits per heavy atom. The molecule has 3 rings (SSSR count). The van der Waals surface area contributed by atoms with Crippen molar-refractivity contribution < 1.29 is 23.8 Å². The van der Waals surface area contributed by atoms with Crippen LogP contribution in [-0.2, 0) is 4.79 Å². The van der Waals surface area contributed by atoms with Crippen molar-refractivity contribution in [2.75, 3.05) is 4.90 Å². The van der Waals surface area contributed by atoms with Crippen molar-refractivity contribution in [3.05, 3.63) is 72.0 Å². The molecule has 144 valence electrons. The minimum Gasteiger partial charge on any atom is -0.275 e. The highest BCUT2D eigenvalue weighted by Crippen LogP contribution is 2.41. The molecule has 0 bridgehead atoms. The Morgan fingerprint density at radius 2 is 1.71 bits per heavy atom. The van der Waals surface area contributed by atoms with Crippen molar-refractivity contribution in [3.63, 3.8) is 0 Å². The van der Waals surface area contributed by atoms with Crippen LogP contribution in [-0.4, -0.2) is 21.8 Å². The van der Waals surface area contributed by atoms with Gasteiger partial charge in [0, 0.05) is 16.7 Å². The number of urea groups is 1. The Bertz CT molecular complexity index is 1060. The van der Waals surface area contributed by atoms with Crippen molar-refractivity contribution >= 4 is 52.2 Å². The van der Waals surface area contributed by atoms with Gasteiger partial charge in [0.15, 0.2) is 0 Å². The highest BCUT2D eigenvalue weighted by Gasteiger charge is 2.44. The second-order valence-corrected chi connectivity index (χ2v) is 6.36. The molecule has 1 aliphatic rings. The van der Waals surface area contributed by atoms with E-state index in [0.29, 0.717) is 11.0 Å². The lowest BCUT2D eigenvalue weighted by Gasteiger charge is -2.22. The predicted octanol–water partition coefficient (Wildman–Crippen LogP) is 3.75. The van der Waals surface area contributed by atoms with E-state index >= 15 is 0 Å². The second kappa shape index (κ2) is 7.02. The maximum absolute atomic E-state index is 13.9. The molecule has 1 saturated heterocycles. The number of nitrogens with zero attached hydrogens (tertiary/aromatic N) is 3. The van der Waals surface area contributed by atoms with Gasteiger partial charge in [-0.05, 0) is 18.2 Å². The smallest absolute Gasteiger partial charge is 0.275 e. The van der Waals surface area contributed by atoms with Gasteiger partial charge in [-0.15, -0.1) is 0 Å². The molecule has 1 atom stereocenters. The van der Waals surface area contributed by atoms with E-state index in [4.69, 9.17) is 23.2 Å². The maximum atomic E-state index is 13.9. The summed E-state index contributed by atoms with van der Waals surface area (Å²) in [7, 11) is 0. The highest BCUT2D eigenvalue weighted by atomic mass is 35.5. The molecule has 0 radical (unpaired) electrons. The molecular formula is C15H7Cl2FN4O6. The lowest BCUT2D eigenvalue weighted by atomic mass is 10.0. The van der Waals surface area contributed by atoms with Gasteiger partial charge in [0.25, 0.3) is 17.3 Å². The average molecular weight is 429 g/mol. The molecule has 10 nitrogen and oxygen atoms in total. The molecule has 2 aromatic carbocycles. The van der Waals surface area contributed by atoms with Gasteiger partial charge in [0.05, 0.1) is 20.9 Å². The number of nitro groups is 2. The molecule has 0 aliphatic carbocycles. The fourth-order valence-electron chi connectivity index (χ4n) is 2.72. The van der Waals surface area contributed by atoms with Crippen molar-refractivity contribution in [3.8, 4) is 0 Å². The molecule has 0 spiro atoms. The third-order valence-corrected chi connectivity index (χ3v) is 4.53. The molecule has 1 heterocycles. The number of anilines is 1. The first-order valence-corrected chi connectivity index (χ1v) is 8.08. The van der Waals surface area contributed by atoms with Gasteiger partial charge < -0.3 is 0 Å². The van der Waals surface area contributed by atoms with Gasteiger partial charge in [-0.2, -0.15) is 0 Å². The monoisotopic (exact) mass is 428 g/mol. The van der Waals surface area contributed by atoms with Crippen LogP contribution in [0.25, 0.3) is 0 Å². The van der Waals surface area contributed by atoms with Crippen LogP contribution in [0.15, 0.2) is 30.3 Å². The van der Waals surface area contributed by atoms with Crippen LogP contribution in [0.5, 0.6) is 0 Å². The normalized spacial score (nSPS) is 16.2. The topological polar surface area (TPSA) is 136 Å². The number of hydrogen-bond donors (Lipinski definition) is 1. The Kier molecular flexibility index (Phi) is 4.87. The van der Waals surface area contributed by atoms with Gasteiger partial charge in [-0.25, -0.2) is 9.18 Å². The zero-order chi connectivity index (χ0) is 20.7. The minimum absolute atomic E-state index is 0.157. The Morgan fingerprint density at radius 1 is 1.04 bits per heavy atom. The van der Waals surface area contributed by atoms with Gasteiger partial charge >= 0.3 is 6.03 Å². The number of halogens is 3. The second-order valence-electron chi connectivity index (χ2n) is 5.54. The van der Waals surface area contributed by atoms with Crippen molar-refractivity contribution in [2.24, 2.45) is 0 Å². The standard InChI is InChI=1S/C15H7Cl2FN4O6/c16-8-5-9(17)10(18)4-7(8)13-14(23)19-15(24)20(13)11-2-1-6(21(25)26)3-12(11)22(27)28/h1-5,13H,(H,19,23,24). The van der Waals surface area contributed by atoms with E-state index < -0.39 is 50.7 Å². The van der Waals surface area contributed by atoms with Crippen LogP contribution >= 0.6 is 23.2 Å². The molecule has 3 amide bonds. The SMILES string of the molecule is O=C1NC(=O)N(c2ccc([N+](=O)[O-])cc2[N+](=O)[O-])C1c1cc(F)c(Cl)cc1Cl. The van der Waals surface area contributed by atoms with E-state index in [1.54, 1.807) is 0 Å². The summed E-state index contributed by atoms with van der Waals surface area (Å²) in [6.07, 6.45) is 0. The quantitative estimate of drug-likeness (QED) is 0.340. The fourth-order valence-corrected chi connectivity index (χ4v) is 3.21. The number of nitro benzene ring substituents is 2. The minimum atomic E-state index is -1.55. The van der Waals surface area contributed by atoms with Crippen LogP contribution in [0.4, 0.5) is 26.2 Å². The summed E-state index contributed by atoms with van der Waals surface area (Å²) in [6, 6.07) is 1.78. The Hall–Kier alpha value is -3.31. The Labute approximate surface area is 164 Å². The largest absolute Gasteiger partial charge is 0.329 e. The maximum Gasteiger partial charge on any atom is 0.329 e. The number of amides is 3. The number of hydrogen-bond acceptors (Lipinski definition) is 6. The number of nitrogens with one attached hydrogen (secondary N) is 1. The average Bonchev–Trinajstić information content (AvgIpc) is 2.91. The van der Waals surface area contributed by atoms with Crippen LogP contribution in [0, 0.1) is 26.0 Å². The van der Waals surface area contributed by atoms with E-state index in [0.717, 1.165) is 24.3 Å². The third-order valence-electron chi connectivity index (χ3n) is 3.92. The zero-order valence-corrected chi connectivity index (χ0v) is 14.9. The first-order valence-electron chi connectivity index (χ1n) is 7.33. The number of non-ortho nitro benzene ring substituents is 1. The number of benzene rings is 2. The van der Waals surface area contributed by atoms with Crippen molar-refractivity contribution in [2.45, 2.75) is 6.04 Å². The summed E-state index contributed by atoms with van der Waals surface area (Å²) >= 11 is 11.7. The van der Waals surface area contributed by atoms with Gasteiger partial charge in [0.2, 0.25) is 0 Å². The van der Waals surface area contributed by atoms with Crippen LogP contribution < -0.4 is 10.2 Å². The lowest BCUT2D eigenvalue weighted by Crippen LogP contribution is -2.30. The molecule has 1 N–H and O–H groups in total. The summed E-state index contributed by atoms with van der Waals surface area (Å²) in [5, 5.41) is 23.7. The molecule has 1 fully saturated rings. The first kappa shape index (κ1) is 19.5. The van der Waals surface area contributed by atoms with Crippen molar-refractivity contribution in [1.82, 2.24) is 5.32 Å². The summed E-state index contributed by atoms with van der Waals surface area (Å²) in [5.41, 5.74) is -1.96. The Balaban J connectivity index is 2.21. The predicted molar refractivity (Wildman–Crippen MR) is 94.9 cm³/mol. The number of imide groups is 1. The van der Waals surface area contributed by atoms with Gasteiger partial charge in [-0.3, -0.25) is 35.2 Å². The molecule has 2 aromatic rings.